The summed E-state index contributed by atoms with van der Waals surface area (Å²) < 4.78 is 5.32. The monoisotopic (exact) mass is 151 g/mol. The Bertz CT molecular complexity index is 274. The van der Waals surface area contributed by atoms with E-state index in [1.807, 2.05) is 0 Å². The molecule has 2 heterocycles. The van der Waals surface area contributed by atoms with E-state index in [4.69, 9.17) is 10.5 Å². The Morgan fingerprint density at radius 2 is 2.55 bits per heavy atom. The fourth-order valence-electron chi connectivity index (χ4n) is 1.05. The van der Waals surface area contributed by atoms with Crippen LogP contribution in [0.5, 0.6) is 5.75 Å². The van der Waals surface area contributed by atoms with Crippen LogP contribution in [-0.4, -0.2) is 18.1 Å². The van der Waals surface area contributed by atoms with E-state index < -0.39 is 0 Å². The van der Waals surface area contributed by atoms with Crippen LogP contribution in [0.15, 0.2) is 12.3 Å². The van der Waals surface area contributed by atoms with Crippen molar-refractivity contribution in [3.63, 3.8) is 0 Å². The molecule has 1 aliphatic rings. The normalized spacial score (nSPS) is 14.5. The molecule has 11 heavy (non-hydrogen) atoms. The zero-order valence-corrected chi connectivity index (χ0v) is 6.00. The van der Waals surface area contributed by atoms with Crippen molar-refractivity contribution in [1.82, 2.24) is 4.98 Å². The summed E-state index contributed by atoms with van der Waals surface area (Å²) in [5.41, 5.74) is 6.38. The molecular weight excluding hydrogens is 142 g/mol. The number of pyridine rings is 1. The van der Waals surface area contributed by atoms with Gasteiger partial charge in [-0.1, -0.05) is 0 Å². The zero-order valence-electron chi connectivity index (χ0n) is 6.00. The number of nitrogen functional groups attached to an aromatic ring is 1. The van der Waals surface area contributed by atoms with Gasteiger partial charge in [0.05, 0.1) is 11.9 Å². The maximum atomic E-state index is 5.46. The number of nitrogens with zero attached hydrogens (tertiary/aromatic N) is 1. The lowest BCUT2D eigenvalue weighted by Crippen LogP contribution is -2.18. The van der Waals surface area contributed by atoms with Crippen LogP contribution >= 0.6 is 0 Å². The van der Waals surface area contributed by atoms with Crippen molar-refractivity contribution >= 4 is 11.5 Å². The van der Waals surface area contributed by atoms with E-state index >= 15 is 0 Å². The predicted molar refractivity (Wildman–Crippen MR) is 42.6 cm³/mol. The van der Waals surface area contributed by atoms with Crippen molar-refractivity contribution in [2.45, 2.75) is 0 Å². The number of nitrogens with two attached hydrogens (primary N) is 1. The Morgan fingerprint density at radius 1 is 1.64 bits per heavy atom. The Hall–Kier alpha value is -1.45. The van der Waals surface area contributed by atoms with Crippen molar-refractivity contribution < 1.29 is 4.74 Å². The minimum atomic E-state index is 0.493. The maximum Gasteiger partial charge on any atom is 0.147 e. The zero-order chi connectivity index (χ0) is 7.68. The standard InChI is InChI=1S/C7H9N3O/c8-7-3-6-5(4-10-7)9-1-2-11-6/h3-4,9H,1-2H2,(H2,8,10). The summed E-state index contributed by atoms with van der Waals surface area (Å²) in [6.07, 6.45) is 1.68. The first-order chi connectivity index (χ1) is 5.36. The number of ether oxygens (including phenoxy) is 1. The summed E-state index contributed by atoms with van der Waals surface area (Å²) >= 11 is 0. The van der Waals surface area contributed by atoms with Crippen LogP contribution in [0.4, 0.5) is 11.5 Å². The molecule has 0 amide bonds. The number of hydrogen-bond acceptors (Lipinski definition) is 4. The van der Waals surface area contributed by atoms with Gasteiger partial charge in [0.15, 0.2) is 0 Å². The largest absolute Gasteiger partial charge is 0.489 e. The van der Waals surface area contributed by atoms with Crippen molar-refractivity contribution in [1.29, 1.82) is 0 Å². The molecule has 4 nitrogen and oxygen atoms in total. The molecule has 0 saturated heterocycles. The molecule has 0 bridgehead atoms. The minimum Gasteiger partial charge on any atom is -0.489 e. The number of nitrogens with one attached hydrogen (secondary N) is 1. The Kier molecular flexibility index (Phi) is 1.31. The molecule has 0 aliphatic carbocycles. The van der Waals surface area contributed by atoms with E-state index in [2.05, 4.69) is 10.3 Å². The smallest absolute Gasteiger partial charge is 0.147 e. The topological polar surface area (TPSA) is 60.2 Å². The maximum absolute atomic E-state index is 5.46. The van der Waals surface area contributed by atoms with Gasteiger partial charge in [0, 0.05) is 12.6 Å². The van der Waals surface area contributed by atoms with Gasteiger partial charge in [-0.05, 0) is 0 Å². The van der Waals surface area contributed by atoms with E-state index in [0.717, 1.165) is 18.0 Å². The highest BCUT2D eigenvalue weighted by Crippen LogP contribution is 2.26. The fraction of sp³-hybridized carbons (Fsp3) is 0.286. The Balaban J connectivity index is 2.43. The quantitative estimate of drug-likeness (QED) is 0.565. The van der Waals surface area contributed by atoms with Crippen molar-refractivity contribution in [2.24, 2.45) is 0 Å². The third-order valence-electron chi connectivity index (χ3n) is 1.56. The first kappa shape index (κ1) is 6.27. The summed E-state index contributed by atoms with van der Waals surface area (Å²) in [5, 5.41) is 3.15. The Labute approximate surface area is 64.4 Å². The number of anilines is 2. The van der Waals surface area contributed by atoms with Crippen molar-refractivity contribution in [3.8, 4) is 5.75 Å². The molecule has 1 aliphatic heterocycles. The first-order valence-corrected chi connectivity index (χ1v) is 3.48. The molecule has 0 fully saturated rings. The molecule has 0 radical (unpaired) electrons. The van der Waals surface area contributed by atoms with E-state index in [-0.39, 0.29) is 0 Å². The van der Waals surface area contributed by atoms with Crippen LogP contribution in [0, 0.1) is 0 Å². The van der Waals surface area contributed by atoms with Gasteiger partial charge >= 0.3 is 0 Å². The number of rotatable bonds is 0. The average Bonchev–Trinajstić information content (AvgIpc) is 2.04. The summed E-state index contributed by atoms with van der Waals surface area (Å²) in [5.74, 6) is 1.29. The molecule has 3 N–H and O–H groups in total. The van der Waals surface area contributed by atoms with Gasteiger partial charge in [-0.25, -0.2) is 4.98 Å². The van der Waals surface area contributed by atoms with Gasteiger partial charge in [-0.3, -0.25) is 0 Å². The van der Waals surface area contributed by atoms with Gasteiger partial charge in [0.25, 0.3) is 0 Å². The molecule has 0 atom stereocenters. The van der Waals surface area contributed by atoms with Crippen LogP contribution in [0.1, 0.15) is 0 Å². The molecule has 0 saturated carbocycles. The number of hydrogen-bond donors (Lipinski definition) is 2. The highest BCUT2D eigenvalue weighted by Gasteiger charge is 2.08. The molecule has 0 spiro atoms. The summed E-state index contributed by atoms with van der Waals surface area (Å²) in [6, 6.07) is 1.72. The summed E-state index contributed by atoms with van der Waals surface area (Å²) in [4.78, 5) is 3.93. The minimum absolute atomic E-state index is 0.493. The van der Waals surface area contributed by atoms with Crippen molar-refractivity contribution in [2.75, 3.05) is 24.2 Å². The third kappa shape index (κ3) is 1.07. The van der Waals surface area contributed by atoms with E-state index in [9.17, 15) is 0 Å². The highest BCUT2D eigenvalue weighted by molar-refractivity contribution is 5.59. The molecule has 1 aromatic rings. The second-order valence-electron chi connectivity index (χ2n) is 2.38. The molecule has 1 aromatic heterocycles. The molecule has 0 unspecified atom stereocenters. The van der Waals surface area contributed by atoms with Crippen molar-refractivity contribution in [3.05, 3.63) is 12.3 Å². The predicted octanol–water partition coefficient (Wildman–Crippen LogP) is 0.468. The van der Waals surface area contributed by atoms with Crippen LogP contribution in [0.25, 0.3) is 0 Å². The van der Waals surface area contributed by atoms with Gasteiger partial charge < -0.3 is 15.8 Å². The van der Waals surface area contributed by atoms with Crippen LogP contribution < -0.4 is 15.8 Å². The average molecular weight is 151 g/mol. The molecule has 2 rings (SSSR count). The molecular formula is C7H9N3O. The van der Waals surface area contributed by atoms with Crippen LogP contribution in [0.2, 0.25) is 0 Å². The Morgan fingerprint density at radius 3 is 3.45 bits per heavy atom. The lowest BCUT2D eigenvalue weighted by molar-refractivity contribution is 0.323. The lowest BCUT2D eigenvalue weighted by atomic mass is 10.3. The van der Waals surface area contributed by atoms with E-state index in [1.54, 1.807) is 12.3 Å². The molecule has 58 valence electrons. The number of aromatic nitrogens is 1. The second-order valence-corrected chi connectivity index (χ2v) is 2.38. The SMILES string of the molecule is Nc1cc2c(cn1)NCCO2. The van der Waals surface area contributed by atoms with E-state index in [1.165, 1.54) is 0 Å². The first-order valence-electron chi connectivity index (χ1n) is 3.48. The summed E-state index contributed by atoms with van der Waals surface area (Å²) in [6.45, 7) is 1.52. The van der Waals surface area contributed by atoms with Gasteiger partial charge in [-0.15, -0.1) is 0 Å². The third-order valence-corrected chi connectivity index (χ3v) is 1.56. The molecule has 4 heteroatoms. The van der Waals surface area contributed by atoms with Gasteiger partial charge in [-0.2, -0.15) is 0 Å². The fourth-order valence-corrected chi connectivity index (χ4v) is 1.05. The summed E-state index contributed by atoms with van der Waals surface area (Å²) in [7, 11) is 0. The van der Waals surface area contributed by atoms with Gasteiger partial charge in [0.1, 0.15) is 18.2 Å². The van der Waals surface area contributed by atoms with Gasteiger partial charge in [0.2, 0.25) is 0 Å². The lowest BCUT2D eigenvalue weighted by Gasteiger charge is -2.18. The van der Waals surface area contributed by atoms with Crippen LogP contribution in [-0.2, 0) is 0 Å². The van der Waals surface area contributed by atoms with E-state index in [0.29, 0.717) is 12.4 Å². The molecule has 0 aromatic carbocycles. The number of fused-ring (bicyclic) bond motifs is 1. The highest BCUT2D eigenvalue weighted by atomic mass is 16.5. The van der Waals surface area contributed by atoms with Crippen LogP contribution in [0.3, 0.4) is 0 Å². The second kappa shape index (κ2) is 2.30.